The topological polar surface area (TPSA) is 63.4 Å². The molecule has 0 bridgehead atoms. The number of amides is 2. The molecule has 30 heavy (non-hydrogen) atoms. The molecule has 0 heterocycles. The van der Waals surface area contributed by atoms with Crippen molar-refractivity contribution in [2.75, 3.05) is 0 Å². The lowest BCUT2D eigenvalue weighted by atomic mass is 9.97. The third kappa shape index (κ3) is 4.03. The van der Waals surface area contributed by atoms with E-state index in [0.29, 0.717) is 18.7 Å². The van der Waals surface area contributed by atoms with Crippen molar-refractivity contribution in [2.24, 2.45) is 5.73 Å². The quantitative estimate of drug-likeness (QED) is 0.666. The third-order valence-electron chi connectivity index (χ3n) is 5.58. The minimum Gasteiger partial charge on any atom is -0.366 e. The smallest absolute Gasteiger partial charge is 0.251 e. The summed E-state index contributed by atoms with van der Waals surface area (Å²) < 4.78 is 0. The zero-order valence-electron chi connectivity index (χ0n) is 16.9. The predicted molar refractivity (Wildman–Crippen MR) is 118 cm³/mol. The lowest BCUT2D eigenvalue weighted by Gasteiger charge is -2.25. The van der Waals surface area contributed by atoms with E-state index in [-0.39, 0.29) is 11.8 Å². The van der Waals surface area contributed by atoms with E-state index in [1.807, 2.05) is 65.6 Å². The van der Waals surface area contributed by atoms with Gasteiger partial charge in [0.1, 0.15) is 0 Å². The Morgan fingerprint density at radius 3 is 2.27 bits per heavy atom. The second-order valence-corrected chi connectivity index (χ2v) is 7.66. The second-order valence-electron chi connectivity index (χ2n) is 7.66. The van der Waals surface area contributed by atoms with Crippen molar-refractivity contribution >= 4 is 17.9 Å². The molecule has 0 radical (unpaired) electrons. The fraction of sp³-hybridized carbons (Fsp3) is 0.154. The van der Waals surface area contributed by atoms with Crippen LogP contribution in [-0.4, -0.2) is 16.7 Å². The van der Waals surface area contributed by atoms with Gasteiger partial charge in [-0.05, 0) is 40.5 Å². The van der Waals surface area contributed by atoms with Crippen LogP contribution in [0.3, 0.4) is 0 Å². The number of carbonyl (C=O) groups excluding carboxylic acids is 2. The summed E-state index contributed by atoms with van der Waals surface area (Å²) in [5, 5.41) is 0. The molecule has 3 aromatic rings. The molecule has 0 saturated carbocycles. The zero-order chi connectivity index (χ0) is 21.1. The number of carbonyl (C=O) groups is 2. The summed E-state index contributed by atoms with van der Waals surface area (Å²) in [6.07, 6.45) is 2.00. The maximum Gasteiger partial charge on any atom is 0.251 e. The Morgan fingerprint density at radius 2 is 1.53 bits per heavy atom. The van der Waals surface area contributed by atoms with Crippen LogP contribution in [-0.2, 0) is 17.9 Å². The first-order valence-electron chi connectivity index (χ1n) is 10.1. The van der Waals surface area contributed by atoms with Crippen molar-refractivity contribution in [2.45, 2.75) is 25.9 Å². The molecule has 0 fully saturated rings. The average Bonchev–Trinajstić information content (AvgIpc) is 3.10. The van der Waals surface area contributed by atoms with Gasteiger partial charge in [-0.3, -0.25) is 9.59 Å². The van der Waals surface area contributed by atoms with E-state index >= 15 is 0 Å². The molecule has 4 heteroatoms. The molecule has 0 aliphatic heterocycles. The molecule has 1 unspecified atom stereocenters. The van der Waals surface area contributed by atoms with Gasteiger partial charge in [-0.25, -0.2) is 0 Å². The molecule has 0 saturated heterocycles. The average molecular weight is 396 g/mol. The van der Waals surface area contributed by atoms with Crippen molar-refractivity contribution in [1.82, 2.24) is 4.90 Å². The Labute approximate surface area is 176 Å². The van der Waals surface area contributed by atoms with Gasteiger partial charge in [0.2, 0.25) is 5.91 Å². The number of hydrogen-bond donors (Lipinski definition) is 1. The van der Waals surface area contributed by atoms with Crippen molar-refractivity contribution in [1.29, 1.82) is 0 Å². The minimum atomic E-state index is -0.472. The van der Waals surface area contributed by atoms with E-state index in [9.17, 15) is 9.59 Å². The minimum absolute atomic E-state index is 0.00651. The molecule has 2 N–H and O–H groups in total. The molecule has 1 aliphatic carbocycles. The normalized spacial score (nSPS) is 14.7. The number of rotatable bonds is 6. The number of nitrogens with zero attached hydrogens (tertiary/aromatic N) is 1. The van der Waals surface area contributed by atoms with Crippen LogP contribution in [0.25, 0.3) is 6.08 Å². The van der Waals surface area contributed by atoms with Gasteiger partial charge in [0.25, 0.3) is 5.91 Å². The summed E-state index contributed by atoms with van der Waals surface area (Å²) in [7, 11) is 0. The molecular weight excluding hydrogens is 372 g/mol. The van der Waals surface area contributed by atoms with Crippen LogP contribution in [0.4, 0.5) is 0 Å². The summed E-state index contributed by atoms with van der Waals surface area (Å²) in [4.78, 5) is 27.0. The van der Waals surface area contributed by atoms with E-state index in [1.165, 1.54) is 5.56 Å². The standard InChI is InChI=1S/C26H24N2O2/c1-18-23-13-6-5-11-21(23)15-24(18)26(30)28(16-19-8-3-2-4-9-19)17-20-10-7-12-22(14-20)25(27)29/h2-15,18H,16-17H2,1H3,(H2,27,29). The molecule has 2 amide bonds. The number of hydrogen-bond acceptors (Lipinski definition) is 2. The van der Waals surface area contributed by atoms with Crippen molar-refractivity contribution < 1.29 is 9.59 Å². The first-order valence-corrected chi connectivity index (χ1v) is 10.1. The highest BCUT2D eigenvalue weighted by Crippen LogP contribution is 2.37. The molecule has 1 atom stereocenters. The molecular formula is C26H24N2O2. The Morgan fingerprint density at radius 1 is 0.867 bits per heavy atom. The number of nitrogens with two attached hydrogens (primary N) is 1. The van der Waals surface area contributed by atoms with Gasteiger partial charge in [0, 0.05) is 30.1 Å². The van der Waals surface area contributed by atoms with Crippen LogP contribution in [0, 0.1) is 0 Å². The van der Waals surface area contributed by atoms with Crippen molar-refractivity contribution in [3.63, 3.8) is 0 Å². The zero-order valence-corrected chi connectivity index (χ0v) is 16.9. The van der Waals surface area contributed by atoms with E-state index in [1.54, 1.807) is 18.2 Å². The first-order chi connectivity index (χ1) is 14.5. The maximum atomic E-state index is 13.6. The summed E-state index contributed by atoms with van der Waals surface area (Å²) in [6, 6.07) is 25.2. The molecule has 0 spiro atoms. The van der Waals surface area contributed by atoms with Crippen LogP contribution in [0.2, 0.25) is 0 Å². The van der Waals surface area contributed by atoms with Gasteiger partial charge in [-0.2, -0.15) is 0 Å². The van der Waals surface area contributed by atoms with E-state index in [2.05, 4.69) is 13.0 Å². The Balaban J connectivity index is 1.65. The Hall–Kier alpha value is -3.66. The number of fused-ring (bicyclic) bond motifs is 1. The van der Waals surface area contributed by atoms with E-state index < -0.39 is 5.91 Å². The summed E-state index contributed by atoms with van der Waals surface area (Å²) in [5.74, 6) is -0.420. The monoisotopic (exact) mass is 396 g/mol. The number of benzene rings is 3. The fourth-order valence-corrected chi connectivity index (χ4v) is 3.97. The second kappa shape index (κ2) is 8.37. The largest absolute Gasteiger partial charge is 0.366 e. The fourth-order valence-electron chi connectivity index (χ4n) is 3.97. The van der Waals surface area contributed by atoms with Crippen LogP contribution in [0.15, 0.2) is 84.4 Å². The highest BCUT2D eigenvalue weighted by molar-refractivity contribution is 6.01. The third-order valence-corrected chi connectivity index (χ3v) is 5.58. The molecule has 0 aromatic heterocycles. The Kier molecular flexibility index (Phi) is 5.48. The van der Waals surface area contributed by atoms with Crippen LogP contribution in [0.5, 0.6) is 0 Å². The van der Waals surface area contributed by atoms with Gasteiger partial charge in [0.05, 0.1) is 0 Å². The summed E-state index contributed by atoms with van der Waals surface area (Å²) in [5.41, 5.74) is 10.9. The van der Waals surface area contributed by atoms with Gasteiger partial charge in [0.15, 0.2) is 0 Å². The van der Waals surface area contributed by atoms with Gasteiger partial charge in [-0.1, -0.05) is 73.7 Å². The molecule has 4 nitrogen and oxygen atoms in total. The Bertz CT molecular complexity index is 1120. The summed E-state index contributed by atoms with van der Waals surface area (Å²) in [6.45, 7) is 2.96. The summed E-state index contributed by atoms with van der Waals surface area (Å²) >= 11 is 0. The molecule has 1 aliphatic rings. The van der Waals surface area contributed by atoms with Gasteiger partial charge >= 0.3 is 0 Å². The molecule has 3 aromatic carbocycles. The van der Waals surface area contributed by atoms with E-state index in [0.717, 1.165) is 22.3 Å². The molecule has 150 valence electrons. The lowest BCUT2D eigenvalue weighted by molar-refractivity contribution is -0.128. The highest BCUT2D eigenvalue weighted by Gasteiger charge is 2.29. The van der Waals surface area contributed by atoms with Gasteiger partial charge < -0.3 is 10.6 Å². The van der Waals surface area contributed by atoms with E-state index in [4.69, 9.17) is 5.73 Å². The van der Waals surface area contributed by atoms with Gasteiger partial charge in [-0.15, -0.1) is 0 Å². The van der Waals surface area contributed by atoms with Crippen molar-refractivity contribution in [3.05, 3.63) is 112 Å². The van der Waals surface area contributed by atoms with Crippen LogP contribution >= 0.6 is 0 Å². The molecule has 4 rings (SSSR count). The predicted octanol–water partition coefficient (Wildman–Crippen LogP) is 4.52. The van der Waals surface area contributed by atoms with Crippen LogP contribution < -0.4 is 5.73 Å². The highest BCUT2D eigenvalue weighted by atomic mass is 16.2. The maximum absolute atomic E-state index is 13.6. The SMILES string of the molecule is CC1C(C(=O)N(Cc2ccccc2)Cc2cccc(C(N)=O)c2)=Cc2ccccc21. The first kappa shape index (κ1) is 19.6. The lowest BCUT2D eigenvalue weighted by Crippen LogP contribution is -2.32. The number of primary amides is 1. The van der Waals surface area contributed by atoms with Crippen LogP contribution in [0.1, 0.15) is 45.5 Å². The van der Waals surface area contributed by atoms with Crippen molar-refractivity contribution in [3.8, 4) is 0 Å².